The molecule has 23 heavy (non-hydrogen) atoms. The lowest BCUT2D eigenvalue weighted by atomic mass is 9.96. The van der Waals surface area contributed by atoms with Crippen LogP contribution in [-0.4, -0.2) is 30.1 Å². The van der Waals surface area contributed by atoms with E-state index in [9.17, 15) is 4.79 Å². The topological polar surface area (TPSA) is 29.5 Å². The van der Waals surface area contributed by atoms with Crippen LogP contribution >= 0.6 is 0 Å². The van der Waals surface area contributed by atoms with Crippen molar-refractivity contribution in [2.45, 2.75) is 31.9 Å². The monoisotopic (exact) mass is 309 g/mol. The normalized spacial score (nSPS) is 17.4. The average molecular weight is 309 g/mol. The van der Waals surface area contributed by atoms with Gasteiger partial charge in [-0.05, 0) is 30.9 Å². The number of hydrogen-bond donors (Lipinski definition) is 0. The molecule has 1 fully saturated rings. The summed E-state index contributed by atoms with van der Waals surface area (Å²) in [5, 5.41) is 0. The van der Waals surface area contributed by atoms with Gasteiger partial charge >= 0.3 is 0 Å². The minimum Gasteiger partial charge on any atom is -0.368 e. The number of carbonyl (C=O) groups excluding carboxylic acids is 1. The Balaban J connectivity index is 1.97. The predicted octanol–water partition coefficient (Wildman–Crippen LogP) is 3.80. The van der Waals surface area contributed by atoms with Crippen LogP contribution in [0.1, 0.15) is 36.9 Å². The van der Waals surface area contributed by atoms with Gasteiger partial charge < -0.3 is 9.64 Å². The molecule has 3 rings (SSSR count). The number of amides is 1. The van der Waals surface area contributed by atoms with Gasteiger partial charge in [0.15, 0.2) is 0 Å². The van der Waals surface area contributed by atoms with Gasteiger partial charge in [-0.2, -0.15) is 0 Å². The molecule has 120 valence electrons. The highest BCUT2D eigenvalue weighted by Crippen LogP contribution is 2.30. The number of nitrogens with zero attached hydrogens (tertiary/aromatic N) is 1. The Hall–Kier alpha value is -2.13. The smallest absolute Gasteiger partial charge is 0.252 e. The van der Waals surface area contributed by atoms with E-state index in [1.807, 2.05) is 48.2 Å². The number of benzene rings is 2. The van der Waals surface area contributed by atoms with Crippen LogP contribution < -0.4 is 0 Å². The molecule has 1 amide bonds. The summed E-state index contributed by atoms with van der Waals surface area (Å²) in [4.78, 5) is 14.9. The molecule has 3 nitrogen and oxygen atoms in total. The lowest BCUT2D eigenvalue weighted by Crippen LogP contribution is -2.41. The molecule has 1 aliphatic heterocycles. The maximum absolute atomic E-state index is 13.0. The van der Waals surface area contributed by atoms with Crippen LogP contribution in [0.15, 0.2) is 60.7 Å². The molecule has 1 saturated heterocycles. The fourth-order valence-corrected chi connectivity index (χ4v) is 3.25. The van der Waals surface area contributed by atoms with Crippen LogP contribution in [0.3, 0.4) is 0 Å². The quantitative estimate of drug-likeness (QED) is 0.840. The van der Waals surface area contributed by atoms with Crippen molar-refractivity contribution in [1.29, 1.82) is 0 Å². The molecule has 0 aliphatic carbocycles. The Morgan fingerprint density at radius 2 is 1.65 bits per heavy atom. The van der Waals surface area contributed by atoms with E-state index < -0.39 is 0 Å². The highest BCUT2D eigenvalue weighted by Gasteiger charge is 2.32. The van der Waals surface area contributed by atoms with Gasteiger partial charge in [-0.1, -0.05) is 60.7 Å². The summed E-state index contributed by atoms with van der Waals surface area (Å²) >= 11 is 0. The van der Waals surface area contributed by atoms with E-state index >= 15 is 0 Å². The summed E-state index contributed by atoms with van der Waals surface area (Å²) in [5.41, 5.74) is 2.26. The molecular formula is C20H23NO2. The van der Waals surface area contributed by atoms with Gasteiger partial charge in [0, 0.05) is 13.2 Å². The van der Waals surface area contributed by atoms with E-state index in [0.29, 0.717) is 13.2 Å². The van der Waals surface area contributed by atoms with Crippen LogP contribution in [-0.2, 0) is 9.53 Å². The number of ether oxygens (including phenoxy) is 1. The first-order valence-corrected chi connectivity index (χ1v) is 8.33. The minimum atomic E-state index is -0.287. The van der Waals surface area contributed by atoms with Gasteiger partial charge in [0.1, 0.15) is 6.10 Å². The third-order valence-corrected chi connectivity index (χ3v) is 4.37. The molecule has 1 unspecified atom stereocenters. The van der Waals surface area contributed by atoms with Crippen LogP contribution in [0.25, 0.3) is 0 Å². The molecule has 0 spiro atoms. The standard InChI is InChI=1S/C20H23NO2/c1-2-21(20(22)18-14-9-15-23-18)19(16-10-5-3-6-11-16)17-12-7-4-8-13-17/h3-8,10-13,18-19H,2,9,14-15H2,1H3. The van der Waals surface area contributed by atoms with Crippen LogP contribution in [0, 0.1) is 0 Å². The predicted molar refractivity (Wildman–Crippen MR) is 91.1 cm³/mol. The fraction of sp³-hybridized carbons (Fsp3) is 0.350. The largest absolute Gasteiger partial charge is 0.368 e. The molecule has 0 bridgehead atoms. The van der Waals surface area contributed by atoms with E-state index in [1.54, 1.807) is 0 Å². The van der Waals surface area contributed by atoms with Crippen LogP contribution in [0.2, 0.25) is 0 Å². The van der Waals surface area contributed by atoms with Crippen molar-refractivity contribution in [2.24, 2.45) is 0 Å². The Kier molecular flexibility index (Phi) is 5.09. The van der Waals surface area contributed by atoms with Crippen LogP contribution in [0.4, 0.5) is 0 Å². The molecule has 0 aromatic heterocycles. The summed E-state index contributed by atoms with van der Waals surface area (Å²) in [6.45, 7) is 3.38. The van der Waals surface area contributed by atoms with Crippen molar-refractivity contribution < 1.29 is 9.53 Å². The average Bonchev–Trinajstić information content (AvgIpc) is 3.15. The van der Waals surface area contributed by atoms with Crippen molar-refractivity contribution in [3.05, 3.63) is 71.8 Å². The third-order valence-electron chi connectivity index (χ3n) is 4.37. The Labute approximate surface area is 137 Å². The minimum absolute atomic E-state index is 0.0703. The number of rotatable bonds is 5. The molecule has 1 heterocycles. The molecule has 1 aliphatic rings. The summed E-state index contributed by atoms with van der Waals surface area (Å²) in [6.07, 6.45) is 1.51. The number of carbonyl (C=O) groups is 1. The van der Waals surface area contributed by atoms with Crippen molar-refractivity contribution in [1.82, 2.24) is 4.90 Å². The summed E-state index contributed by atoms with van der Waals surface area (Å²) < 4.78 is 5.63. The highest BCUT2D eigenvalue weighted by atomic mass is 16.5. The lowest BCUT2D eigenvalue weighted by molar-refractivity contribution is -0.142. The van der Waals surface area contributed by atoms with Gasteiger partial charge in [0.05, 0.1) is 6.04 Å². The molecule has 1 atom stereocenters. The maximum atomic E-state index is 13.0. The van der Waals surface area contributed by atoms with Crippen molar-refractivity contribution in [3.8, 4) is 0 Å². The second-order valence-corrected chi connectivity index (χ2v) is 5.85. The van der Waals surface area contributed by atoms with Gasteiger partial charge in [-0.3, -0.25) is 4.79 Å². The molecule has 0 saturated carbocycles. The van der Waals surface area contributed by atoms with Crippen molar-refractivity contribution in [2.75, 3.05) is 13.2 Å². The van der Waals surface area contributed by atoms with E-state index in [-0.39, 0.29) is 18.1 Å². The van der Waals surface area contributed by atoms with Gasteiger partial charge in [0.25, 0.3) is 5.91 Å². The molecule has 2 aromatic carbocycles. The van der Waals surface area contributed by atoms with Gasteiger partial charge in [-0.15, -0.1) is 0 Å². The molecule has 0 N–H and O–H groups in total. The molecule has 0 radical (unpaired) electrons. The zero-order chi connectivity index (χ0) is 16.1. The van der Waals surface area contributed by atoms with Crippen LogP contribution in [0.5, 0.6) is 0 Å². The number of hydrogen-bond acceptors (Lipinski definition) is 2. The van der Waals surface area contributed by atoms with Crippen molar-refractivity contribution in [3.63, 3.8) is 0 Å². The summed E-state index contributed by atoms with van der Waals surface area (Å²) in [5.74, 6) is 0.0997. The Morgan fingerprint density at radius 3 is 2.09 bits per heavy atom. The second-order valence-electron chi connectivity index (χ2n) is 5.85. The number of likely N-dealkylation sites (N-methyl/N-ethyl adjacent to an activating group) is 1. The second kappa shape index (κ2) is 7.42. The van der Waals surface area contributed by atoms with Gasteiger partial charge in [0.2, 0.25) is 0 Å². The first-order valence-electron chi connectivity index (χ1n) is 8.33. The summed E-state index contributed by atoms with van der Waals surface area (Å²) in [6, 6.07) is 20.4. The molecular weight excluding hydrogens is 286 g/mol. The zero-order valence-electron chi connectivity index (χ0n) is 13.5. The fourth-order valence-electron chi connectivity index (χ4n) is 3.25. The molecule has 3 heteroatoms. The zero-order valence-corrected chi connectivity index (χ0v) is 13.5. The first-order chi connectivity index (χ1) is 11.3. The third kappa shape index (κ3) is 3.45. The SMILES string of the molecule is CCN(C(=O)C1CCCO1)C(c1ccccc1)c1ccccc1. The van der Waals surface area contributed by atoms with E-state index in [0.717, 1.165) is 24.0 Å². The molecule has 2 aromatic rings. The maximum Gasteiger partial charge on any atom is 0.252 e. The van der Waals surface area contributed by atoms with Crippen molar-refractivity contribution >= 4 is 5.91 Å². The van der Waals surface area contributed by atoms with E-state index in [2.05, 4.69) is 24.3 Å². The Morgan fingerprint density at radius 1 is 1.09 bits per heavy atom. The summed E-state index contributed by atoms with van der Waals surface area (Å²) in [7, 11) is 0. The van der Waals surface area contributed by atoms with E-state index in [4.69, 9.17) is 4.74 Å². The lowest BCUT2D eigenvalue weighted by Gasteiger charge is -2.33. The van der Waals surface area contributed by atoms with Gasteiger partial charge in [-0.25, -0.2) is 0 Å². The first kappa shape index (κ1) is 15.8. The highest BCUT2D eigenvalue weighted by molar-refractivity contribution is 5.82. The van der Waals surface area contributed by atoms with E-state index in [1.165, 1.54) is 0 Å². The Bertz CT molecular complexity index is 581.